The molecule has 0 aromatic carbocycles. The first kappa shape index (κ1) is 46.3. The molecule has 2 rings (SSSR count). The quantitative estimate of drug-likeness (QED) is 0.0454. The van der Waals surface area contributed by atoms with Crippen LogP contribution in [0, 0.1) is 0 Å². The van der Waals surface area contributed by atoms with Crippen molar-refractivity contribution in [2.45, 2.75) is 175 Å². The summed E-state index contributed by atoms with van der Waals surface area (Å²) in [6, 6.07) is 0. The highest BCUT2D eigenvalue weighted by Gasteiger charge is 2.45. The molecule has 0 amide bonds. The summed E-state index contributed by atoms with van der Waals surface area (Å²) >= 11 is 0. The van der Waals surface area contributed by atoms with Crippen LogP contribution in [0.1, 0.15) is 126 Å². The molecule has 0 bridgehead atoms. The van der Waals surface area contributed by atoms with Crippen LogP contribution in [0.25, 0.3) is 0 Å². The van der Waals surface area contributed by atoms with E-state index in [4.69, 9.17) is 27.8 Å². The molecule has 0 aromatic heterocycles. The maximum atomic E-state index is 12.8. The molecule has 10 nitrogen and oxygen atoms in total. The molecule has 0 radical (unpaired) electrons. The molecule has 0 saturated carbocycles. The first-order chi connectivity index (χ1) is 24.6. The lowest BCUT2D eigenvalue weighted by Crippen LogP contribution is -2.44. The second kappa shape index (κ2) is 20.8. The summed E-state index contributed by atoms with van der Waals surface area (Å²) in [6.07, 6.45) is 13.2. The Morgan fingerprint density at radius 3 is 1.28 bits per heavy atom. The van der Waals surface area contributed by atoms with Crippen molar-refractivity contribution in [3.63, 3.8) is 0 Å². The fourth-order valence-electron chi connectivity index (χ4n) is 5.01. The van der Waals surface area contributed by atoms with Gasteiger partial charge < -0.3 is 27.8 Å². The largest absolute Gasteiger partial charge is 0.465 e. The molecule has 0 N–H and O–H groups in total. The predicted molar refractivity (Wildman–Crippen MR) is 213 cm³/mol. The van der Waals surface area contributed by atoms with Gasteiger partial charge in [0.15, 0.2) is 16.6 Å². The zero-order valence-electron chi connectivity index (χ0n) is 34.7. The third-order valence-corrected chi connectivity index (χ3v) is 19.3. The lowest BCUT2D eigenvalue weighted by molar-refractivity contribution is -0.152. The van der Waals surface area contributed by atoms with Crippen molar-refractivity contribution in [3.8, 4) is 0 Å². The van der Waals surface area contributed by atoms with Gasteiger partial charge in [-0.05, 0) is 61.9 Å². The number of rotatable bonds is 22. The Bertz CT molecular complexity index is 1290. The highest BCUT2D eigenvalue weighted by Crippen LogP contribution is 2.41. The van der Waals surface area contributed by atoms with Crippen molar-refractivity contribution in [3.05, 3.63) is 46.6 Å². The zero-order valence-corrected chi connectivity index (χ0v) is 36.7. The van der Waals surface area contributed by atoms with E-state index in [-0.39, 0.29) is 36.1 Å². The number of allylic oxidation sites excluding steroid dienone is 2. The SMILES string of the molecule is CCC/C=C/C1=C(CC(=O)OCCCCCCCOC(=O)CC2=C(/C=C/CCC)C(O[Si](C)(C)C(C)(C)C)OC2=O)C(=O)OC1O[Si](C)(C)C(C)(C)C. The third-order valence-electron chi connectivity index (χ3n) is 10.5. The molecule has 300 valence electrons. The van der Waals surface area contributed by atoms with Crippen LogP contribution in [-0.4, -0.2) is 66.3 Å². The van der Waals surface area contributed by atoms with Crippen LogP contribution in [0.4, 0.5) is 0 Å². The van der Waals surface area contributed by atoms with Crippen LogP contribution < -0.4 is 0 Å². The molecule has 0 aliphatic carbocycles. The summed E-state index contributed by atoms with van der Waals surface area (Å²) in [7, 11) is -4.50. The molecular formula is C41H68O10Si2. The maximum absolute atomic E-state index is 12.8. The standard InChI is InChI=1S/C41H68O10Si2/c1-13-15-20-24-30-32(36(44)48-38(30)50-52(9,10)40(3,4)5)28-34(42)46-26-22-18-17-19-23-27-47-35(43)29-33-31(25-21-16-14-2)39(49-37(33)45)51-53(11,12)41(6,7)8/h20-21,24-25,38-39H,13-19,22-23,26-29H2,1-12H3/b24-20+,25-21+. The minimum absolute atomic E-state index is 0.0741. The van der Waals surface area contributed by atoms with Gasteiger partial charge in [-0.1, -0.05) is 112 Å². The van der Waals surface area contributed by atoms with Crippen LogP contribution in [0.3, 0.4) is 0 Å². The lowest BCUT2D eigenvalue weighted by Gasteiger charge is -2.38. The van der Waals surface area contributed by atoms with Crippen molar-refractivity contribution < 1.29 is 47.0 Å². The van der Waals surface area contributed by atoms with Crippen LogP contribution in [-0.2, 0) is 47.0 Å². The predicted octanol–water partition coefficient (Wildman–Crippen LogP) is 9.92. The van der Waals surface area contributed by atoms with E-state index in [0.717, 1.165) is 44.9 Å². The summed E-state index contributed by atoms with van der Waals surface area (Å²) in [5.41, 5.74) is 1.81. The average molecular weight is 777 g/mol. The third kappa shape index (κ3) is 14.4. The van der Waals surface area contributed by atoms with Crippen molar-refractivity contribution in [1.29, 1.82) is 0 Å². The summed E-state index contributed by atoms with van der Waals surface area (Å²) in [5, 5.41) is -0.148. The molecule has 2 heterocycles. The number of esters is 4. The van der Waals surface area contributed by atoms with Crippen molar-refractivity contribution >= 4 is 40.5 Å². The highest BCUT2D eigenvalue weighted by atomic mass is 28.4. The number of cyclic esters (lactones) is 2. The highest BCUT2D eigenvalue weighted by molar-refractivity contribution is 6.74. The molecule has 2 aliphatic rings. The van der Waals surface area contributed by atoms with Crippen LogP contribution >= 0.6 is 0 Å². The number of unbranched alkanes of at least 4 members (excludes halogenated alkanes) is 6. The molecule has 2 unspecified atom stereocenters. The van der Waals surface area contributed by atoms with Crippen molar-refractivity contribution in [2.24, 2.45) is 0 Å². The summed E-state index contributed by atoms with van der Waals surface area (Å²) in [5.74, 6) is -2.01. The van der Waals surface area contributed by atoms with Gasteiger partial charge >= 0.3 is 23.9 Å². The normalized spacial score (nSPS) is 18.8. The molecule has 0 fully saturated rings. The topological polar surface area (TPSA) is 124 Å². The van der Waals surface area contributed by atoms with E-state index in [1.807, 2.05) is 24.3 Å². The zero-order chi connectivity index (χ0) is 40.0. The number of hydrogen-bond donors (Lipinski definition) is 0. The Balaban J connectivity index is 1.81. The Morgan fingerprint density at radius 1 is 0.623 bits per heavy atom. The second-order valence-corrected chi connectivity index (χ2v) is 26.6. The molecule has 2 aliphatic heterocycles. The first-order valence-electron chi connectivity index (χ1n) is 19.5. The Hall–Kier alpha value is -2.81. The van der Waals surface area contributed by atoms with Gasteiger partial charge in [0, 0.05) is 11.1 Å². The number of ether oxygens (including phenoxy) is 4. The van der Waals surface area contributed by atoms with Crippen molar-refractivity contribution in [2.75, 3.05) is 13.2 Å². The minimum Gasteiger partial charge on any atom is -0.465 e. The summed E-state index contributed by atoms with van der Waals surface area (Å²) < 4.78 is 35.0. The van der Waals surface area contributed by atoms with Crippen LogP contribution in [0.5, 0.6) is 0 Å². The van der Waals surface area contributed by atoms with E-state index in [1.165, 1.54) is 0 Å². The lowest BCUT2D eigenvalue weighted by atomic mass is 10.1. The van der Waals surface area contributed by atoms with Gasteiger partial charge in [-0.15, -0.1) is 0 Å². The molecule has 0 spiro atoms. The molecule has 0 saturated heterocycles. The van der Waals surface area contributed by atoms with E-state index < -0.39 is 53.1 Å². The smallest absolute Gasteiger partial charge is 0.337 e. The molecule has 53 heavy (non-hydrogen) atoms. The van der Waals surface area contributed by atoms with Gasteiger partial charge in [-0.2, -0.15) is 0 Å². The van der Waals surface area contributed by atoms with Crippen molar-refractivity contribution in [1.82, 2.24) is 0 Å². The first-order valence-corrected chi connectivity index (χ1v) is 25.3. The van der Waals surface area contributed by atoms with E-state index in [2.05, 4.69) is 81.6 Å². The number of carbonyl (C=O) groups excluding carboxylic acids is 4. The van der Waals surface area contributed by atoms with Gasteiger partial charge in [0.05, 0.1) is 37.2 Å². The fourth-order valence-corrected chi connectivity index (χ4v) is 7.13. The van der Waals surface area contributed by atoms with E-state index in [0.29, 0.717) is 35.1 Å². The maximum Gasteiger partial charge on any atom is 0.337 e. The van der Waals surface area contributed by atoms with Crippen LogP contribution in [0.2, 0.25) is 36.3 Å². The van der Waals surface area contributed by atoms with Gasteiger partial charge in [-0.3, -0.25) is 9.59 Å². The monoisotopic (exact) mass is 776 g/mol. The van der Waals surface area contributed by atoms with Gasteiger partial charge in [0.2, 0.25) is 12.6 Å². The minimum atomic E-state index is -2.25. The average Bonchev–Trinajstić information content (AvgIpc) is 3.47. The van der Waals surface area contributed by atoms with E-state index in [9.17, 15) is 19.2 Å². The molecular weight excluding hydrogens is 709 g/mol. The molecule has 2 atom stereocenters. The van der Waals surface area contributed by atoms with E-state index in [1.54, 1.807) is 0 Å². The number of carbonyl (C=O) groups is 4. The summed E-state index contributed by atoms with van der Waals surface area (Å²) in [6.45, 7) is 25.8. The number of hydrogen-bond acceptors (Lipinski definition) is 10. The van der Waals surface area contributed by atoms with E-state index >= 15 is 0 Å². The Morgan fingerprint density at radius 2 is 0.962 bits per heavy atom. The van der Waals surface area contributed by atoms with Gasteiger partial charge in [0.25, 0.3) is 0 Å². The Kier molecular flexibility index (Phi) is 18.2. The Labute approximate surface area is 321 Å². The second-order valence-electron chi connectivity index (χ2n) is 17.0. The molecule has 0 aromatic rings. The van der Waals surface area contributed by atoms with Crippen LogP contribution in [0.15, 0.2) is 46.6 Å². The summed E-state index contributed by atoms with van der Waals surface area (Å²) in [4.78, 5) is 51.2. The fraction of sp³-hybridized carbons (Fsp3) is 0.707. The van der Waals surface area contributed by atoms with Gasteiger partial charge in [0.1, 0.15) is 0 Å². The molecule has 12 heteroatoms. The van der Waals surface area contributed by atoms with Gasteiger partial charge in [-0.25, -0.2) is 9.59 Å².